The lowest BCUT2D eigenvalue weighted by Crippen LogP contribution is -2.20. The number of fused-ring (bicyclic) bond motifs is 1. The van der Waals surface area contributed by atoms with E-state index in [1.54, 1.807) is 7.11 Å². The van der Waals surface area contributed by atoms with Crippen molar-refractivity contribution >= 4 is 5.78 Å². The maximum atomic E-state index is 12.7. The van der Waals surface area contributed by atoms with Crippen molar-refractivity contribution in [3.8, 4) is 5.75 Å². The molecule has 0 radical (unpaired) electrons. The molecule has 0 amide bonds. The molecule has 2 nitrogen and oxygen atoms in total. The van der Waals surface area contributed by atoms with Crippen molar-refractivity contribution in [3.63, 3.8) is 0 Å². The van der Waals surface area contributed by atoms with E-state index in [1.807, 2.05) is 30.3 Å². The Bertz CT molecular complexity index is 646. The first-order valence-corrected chi connectivity index (χ1v) is 7.52. The molecular formula is C19H20O2. The van der Waals surface area contributed by atoms with E-state index in [4.69, 9.17) is 4.74 Å². The molecule has 0 saturated heterocycles. The molecule has 21 heavy (non-hydrogen) atoms. The van der Waals surface area contributed by atoms with Gasteiger partial charge in [-0.05, 0) is 36.5 Å². The lowest BCUT2D eigenvalue weighted by Gasteiger charge is -2.24. The number of carbonyl (C=O) groups is 1. The van der Waals surface area contributed by atoms with Crippen LogP contribution in [0.2, 0.25) is 0 Å². The normalized spacial score (nSPS) is 17.1. The summed E-state index contributed by atoms with van der Waals surface area (Å²) in [6.45, 7) is 0. The van der Waals surface area contributed by atoms with Gasteiger partial charge >= 0.3 is 0 Å². The number of ketones is 1. The van der Waals surface area contributed by atoms with Gasteiger partial charge in [0.1, 0.15) is 11.5 Å². The molecule has 2 aromatic carbocycles. The first-order chi connectivity index (χ1) is 10.3. The van der Waals surface area contributed by atoms with Crippen LogP contribution in [0.4, 0.5) is 0 Å². The highest BCUT2D eigenvalue weighted by Gasteiger charge is 2.26. The van der Waals surface area contributed by atoms with Crippen molar-refractivity contribution in [1.82, 2.24) is 0 Å². The predicted octanol–water partition coefficient (Wildman–Crippen LogP) is 3.93. The molecule has 1 atom stereocenters. The number of Topliss-reactive ketones (excluding diaryl/α,β-unsaturated/α-hetero) is 1. The van der Waals surface area contributed by atoms with Gasteiger partial charge in [0.05, 0.1) is 7.11 Å². The smallest absolute Gasteiger partial charge is 0.144 e. The lowest BCUT2D eigenvalue weighted by molar-refractivity contribution is -0.120. The Morgan fingerprint density at radius 2 is 1.90 bits per heavy atom. The van der Waals surface area contributed by atoms with Crippen molar-refractivity contribution in [2.75, 3.05) is 7.11 Å². The number of benzene rings is 2. The zero-order chi connectivity index (χ0) is 14.7. The molecule has 1 aliphatic rings. The molecule has 0 N–H and O–H groups in total. The van der Waals surface area contributed by atoms with Crippen molar-refractivity contribution in [2.45, 2.75) is 31.6 Å². The molecule has 0 spiro atoms. The number of methoxy groups -OCH3 is 1. The molecule has 0 heterocycles. The van der Waals surface area contributed by atoms with Crippen molar-refractivity contribution in [2.24, 2.45) is 0 Å². The van der Waals surface area contributed by atoms with Crippen molar-refractivity contribution < 1.29 is 9.53 Å². The van der Waals surface area contributed by atoms with E-state index in [0.29, 0.717) is 12.2 Å². The van der Waals surface area contributed by atoms with Crippen LogP contribution in [0.15, 0.2) is 48.5 Å². The molecule has 0 aliphatic heterocycles. The second-order valence-corrected chi connectivity index (χ2v) is 5.60. The molecule has 2 aromatic rings. The fourth-order valence-electron chi connectivity index (χ4n) is 3.25. The third kappa shape index (κ3) is 2.85. The molecular weight excluding hydrogens is 260 g/mol. The summed E-state index contributed by atoms with van der Waals surface area (Å²) in [6, 6.07) is 16.1. The van der Waals surface area contributed by atoms with Crippen LogP contribution >= 0.6 is 0 Å². The number of hydrogen-bond donors (Lipinski definition) is 0. The van der Waals surface area contributed by atoms with Crippen LogP contribution in [0.3, 0.4) is 0 Å². The van der Waals surface area contributed by atoms with Gasteiger partial charge in [0.15, 0.2) is 0 Å². The predicted molar refractivity (Wildman–Crippen MR) is 83.8 cm³/mol. The van der Waals surface area contributed by atoms with E-state index in [-0.39, 0.29) is 5.92 Å². The highest BCUT2D eigenvalue weighted by Crippen LogP contribution is 2.33. The van der Waals surface area contributed by atoms with Gasteiger partial charge in [0.2, 0.25) is 0 Å². The Hall–Kier alpha value is -2.09. The maximum Gasteiger partial charge on any atom is 0.144 e. The van der Waals surface area contributed by atoms with Crippen LogP contribution in [0.5, 0.6) is 5.75 Å². The fourth-order valence-corrected chi connectivity index (χ4v) is 3.25. The molecule has 2 heteroatoms. The van der Waals surface area contributed by atoms with Gasteiger partial charge in [-0.3, -0.25) is 4.79 Å². The lowest BCUT2D eigenvalue weighted by atomic mass is 9.79. The van der Waals surface area contributed by atoms with Gasteiger partial charge in [-0.2, -0.15) is 0 Å². The first kappa shape index (κ1) is 13.9. The van der Waals surface area contributed by atoms with Crippen LogP contribution in [0.25, 0.3) is 0 Å². The Balaban J connectivity index is 1.84. The Labute approximate surface area is 125 Å². The zero-order valence-corrected chi connectivity index (χ0v) is 12.3. The number of para-hydroxylation sites is 1. The summed E-state index contributed by atoms with van der Waals surface area (Å²) in [7, 11) is 1.65. The number of hydrogen-bond acceptors (Lipinski definition) is 2. The number of carbonyl (C=O) groups excluding carboxylic acids is 1. The van der Waals surface area contributed by atoms with E-state index >= 15 is 0 Å². The van der Waals surface area contributed by atoms with E-state index in [0.717, 1.165) is 30.6 Å². The minimum Gasteiger partial charge on any atom is -0.496 e. The van der Waals surface area contributed by atoms with Crippen molar-refractivity contribution in [3.05, 3.63) is 65.2 Å². The molecule has 1 aliphatic carbocycles. The van der Waals surface area contributed by atoms with Gasteiger partial charge in [0, 0.05) is 17.9 Å². The summed E-state index contributed by atoms with van der Waals surface area (Å²) in [5.41, 5.74) is 3.54. The second kappa shape index (κ2) is 6.13. The summed E-state index contributed by atoms with van der Waals surface area (Å²) >= 11 is 0. The van der Waals surface area contributed by atoms with Crippen LogP contribution in [-0.4, -0.2) is 12.9 Å². The summed E-state index contributed by atoms with van der Waals surface area (Å²) in [5.74, 6) is 1.14. The Morgan fingerprint density at radius 1 is 1.14 bits per heavy atom. The van der Waals surface area contributed by atoms with Crippen LogP contribution < -0.4 is 4.74 Å². The quantitative estimate of drug-likeness (QED) is 0.848. The van der Waals surface area contributed by atoms with Gasteiger partial charge in [-0.1, -0.05) is 42.5 Å². The zero-order valence-electron chi connectivity index (χ0n) is 12.3. The molecule has 0 fully saturated rings. The largest absolute Gasteiger partial charge is 0.496 e. The van der Waals surface area contributed by atoms with Gasteiger partial charge in [-0.15, -0.1) is 0 Å². The monoisotopic (exact) mass is 280 g/mol. The summed E-state index contributed by atoms with van der Waals surface area (Å²) in [5, 5.41) is 0. The minimum absolute atomic E-state index is 0.0415. The minimum atomic E-state index is 0.0415. The van der Waals surface area contributed by atoms with E-state index in [2.05, 4.69) is 18.2 Å². The number of rotatable bonds is 4. The molecule has 0 saturated carbocycles. The summed E-state index contributed by atoms with van der Waals surface area (Å²) in [4.78, 5) is 12.7. The van der Waals surface area contributed by atoms with Crippen LogP contribution in [0, 0.1) is 0 Å². The molecule has 0 aromatic heterocycles. The number of aryl methyl sites for hydroxylation is 1. The number of ether oxygens (including phenoxy) is 1. The van der Waals surface area contributed by atoms with Gasteiger partial charge in [-0.25, -0.2) is 0 Å². The maximum absolute atomic E-state index is 12.7. The summed E-state index contributed by atoms with van der Waals surface area (Å²) in [6.07, 6.45) is 3.60. The van der Waals surface area contributed by atoms with E-state index in [9.17, 15) is 4.79 Å². The molecule has 1 unspecified atom stereocenters. The van der Waals surface area contributed by atoms with E-state index < -0.39 is 0 Å². The van der Waals surface area contributed by atoms with Crippen molar-refractivity contribution in [1.29, 1.82) is 0 Å². The standard InChI is InChI=1S/C19H20O2/c1-21-19-12-5-3-8-15(19)13-18(20)17-11-6-9-14-7-2-4-10-16(14)17/h2-5,7-8,10,12,17H,6,9,11,13H2,1H3. The summed E-state index contributed by atoms with van der Waals surface area (Å²) < 4.78 is 5.35. The Kier molecular flexibility index (Phi) is 4.05. The highest BCUT2D eigenvalue weighted by atomic mass is 16.5. The van der Waals surface area contributed by atoms with Gasteiger partial charge < -0.3 is 4.74 Å². The average Bonchev–Trinajstić information content (AvgIpc) is 2.54. The fraction of sp³-hybridized carbons (Fsp3) is 0.316. The first-order valence-electron chi connectivity index (χ1n) is 7.52. The van der Waals surface area contributed by atoms with E-state index in [1.165, 1.54) is 11.1 Å². The third-order valence-corrected chi connectivity index (χ3v) is 4.32. The molecule has 3 rings (SSSR count). The topological polar surface area (TPSA) is 26.3 Å². The second-order valence-electron chi connectivity index (χ2n) is 5.60. The van der Waals surface area contributed by atoms with Gasteiger partial charge in [0.25, 0.3) is 0 Å². The highest BCUT2D eigenvalue weighted by molar-refractivity contribution is 5.88. The molecule has 108 valence electrons. The SMILES string of the molecule is COc1ccccc1CC(=O)C1CCCc2ccccc21. The average molecular weight is 280 g/mol. The third-order valence-electron chi connectivity index (χ3n) is 4.32. The Morgan fingerprint density at radius 3 is 2.76 bits per heavy atom. The van der Waals surface area contributed by atoms with Crippen LogP contribution in [-0.2, 0) is 17.6 Å². The van der Waals surface area contributed by atoms with Crippen LogP contribution in [0.1, 0.15) is 35.4 Å². The molecule has 0 bridgehead atoms.